The molecule has 5 nitrogen and oxygen atoms in total. The number of hydrogen-bond donors (Lipinski definition) is 1. The molecule has 1 aromatic rings. The Morgan fingerprint density at radius 1 is 1.04 bits per heavy atom. The first-order valence-corrected chi connectivity index (χ1v) is 7.67. The van der Waals surface area contributed by atoms with E-state index in [-0.39, 0.29) is 0 Å². The van der Waals surface area contributed by atoms with Gasteiger partial charge in [-0.05, 0) is 26.0 Å². The standard InChI is InChI=1S/C17H16BrN3O2/c1-9-13(7-19)16(14(8-20)10(2)21-9)12-5-11(18)6-15(22-3)17(12)23-4/h5-6,16,21H,1-4H3. The smallest absolute Gasteiger partial charge is 0.164 e. The average Bonchev–Trinajstić information content (AvgIpc) is 2.53. The topological polar surface area (TPSA) is 78.1 Å². The van der Waals surface area contributed by atoms with E-state index in [1.807, 2.05) is 19.9 Å². The average molecular weight is 374 g/mol. The predicted molar refractivity (Wildman–Crippen MR) is 89.7 cm³/mol. The Balaban J connectivity index is 2.81. The molecule has 1 aliphatic heterocycles. The van der Waals surface area contributed by atoms with Crippen LogP contribution in [0.15, 0.2) is 39.1 Å². The van der Waals surface area contributed by atoms with Crippen molar-refractivity contribution < 1.29 is 9.47 Å². The number of hydrogen-bond acceptors (Lipinski definition) is 5. The van der Waals surface area contributed by atoms with Crippen LogP contribution in [0.4, 0.5) is 0 Å². The van der Waals surface area contributed by atoms with Crippen LogP contribution in [0.3, 0.4) is 0 Å². The molecule has 0 bridgehead atoms. The van der Waals surface area contributed by atoms with Crippen molar-refractivity contribution in [2.45, 2.75) is 19.8 Å². The summed E-state index contributed by atoms with van der Waals surface area (Å²) >= 11 is 3.45. The number of benzene rings is 1. The Hall–Kier alpha value is -2.44. The van der Waals surface area contributed by atoms with Crippen LogP contribution in [0, 0.1) is 22.7 Å². The molecule has 23 heavy (non-hydrogen) atoms. The van der Waals surface area contributed by atoms with Crippen LogP contribution in [-0.4, -0.2) is 14.2 Å². The van der Waals surface area contributed by atoms with Gasteiger partial charge in [-0.25, -0.2) is 0 Å². The highest BCUT2D eigenvalue weighted by atomic mass is 79.9. The number of allylic oxidation sites excluding steroid dienone is 4. The van der Waals surface area contributed by atoms with E-state index in [0.717, 1.165) is 15.9 Å². The van der Waals surface area contributed by atoms with Crippen LogP contribution < -0.4 is 14.8 Å². The van der Waals surface area contributed by atoms with Gasteiger partial charge in [0.05, 0.1) is 43.4 Å². The minimum absolute atomic E-state index is 0.491. The molecule has 0 radical (unpaired) electrons. The Bertz CT molecular complexity index is 761. The van der Waals surface area contributed by atoms with Crippen LogP contribution in [-0.2, 0) is 0 Å². The first kappa shape index (κ1) is 16.9. The molecule has 0 amide bonds. The van der Waals surface area contributed by atoms with E-state index in [4.69, 9.17) is 9.47 Å². The van der Waals surface area contributed by atoms with Gasteiger partial charge in [-0.15, -0.1) is 0 Å². The molecule has 1 N–H and O–H groups in total. The molecule has 0 saturated carbocycles. The molecule has 0 fully saturated rings. The highest BCUT2D eigenvalue weighted by Crippen LogP contribution is 2.45. The second-order valence-electron chi connectivity index (χ2n) is 5.09. The summed E-state index contributed by atoms with van der Waals surface area (Å²) in [5.41, 5.74) is 3.16. The van der Waals surface area contributed by atoms with E-state index >= 15 is 0 Å². The van der Waals surface area contributed by atoms with Gasteiger partial charge in [0.25, 0.3) is 0 Å². The van der Waals surface area contributed by atoms with Gasteiger partial charge in [0.1, 0.15) is 0 Å². The van der Waals surface area contributed by atoms with Gasteiger partial charge in [-0.1, -0.05) is 15.9 Å². The molecule has 0 spiro atoms. The van der Waals surface area contributed by atoms with Crippen LogP contribution in [0.2, 0.25) is 0 Å². The van der Waals surface area contributed by atoms with Gasteiger partial charge in [0.15, 0.2) is 11.5 Å². The van der Waals surface area contributed by atoms with E-state index in [1.165, 1.54) is 0 Å². The van der Waals surface area contributed by atoms with E-state index < -0.39 is 5.92 Å². The quantitative estimate of drug-likeness (QED) is 0.872. The Labute approximate surface area is 143 Å². The molecule has 0 atom stereocenters. The number of nitriles is 2. The maximum absolute atomic E-state index is 9.59. The number of dihydropyridines is 1. The summed E-state index contributed by atoms with van der Waals surface area (Å²) in [5.74, 6) is 0.566. The maximum Gasteiger partial charge on any atom is 0.164 e. The van der Waals surface area contributed by atoms with Gasteiger partial charge >= 0.3 is 0 Å². The minimum atomic E-state index is -0.493. The van der Waals surface area contributed by atoms with Gasteiger partial charge in [0.2, 0.25) is 0 Å². The Kier molecular flexibility index (Phi) is 4.98. The fourth-order valence-electron chi connectivity index (χ4n) is 2.77. The lowest BCUT2D eigenvalue weighted by Crippen LogP contribution is -2.23. The number of methoxy groups -OCH3 is 2. The second kappa shape index (κ2) is 6.76. The molecule has 0 saturated heterocycles. The molecule has 118 valence electrons. The van der Waals surface area contributed by atoms with Gasteiger partial charge < -0.3 is 14.8 Å². The van der Waals surface area contributed by atoms with Crippen molar-refractivity contribution in [3.63, 3.8) is 0 Å². The lowest BCUT2D eigenvalue weighted by molar-refractivity contribution is 0.351. The van der Waals surface area contributed by atoms with E-state index in [1.54, 1.807) is 20.3 Å². The van der Waals surface area contributed by atoms with E-state index in [2.05, 4.69) is 33.4 Å². The molecule has 1 heterocycles. The molecule has 2 rings (SSSR count). The first-order valence-electron chi connectivity index (χ1n) is 6.88. The molecule has 0 unspecified atom stereocenters. The third-order valence-corrected chi connectivity index (χ3v) is 4.24. The number of halogens is 1. The van der Waals surface area contributed by atoms with Crippen molar-refractivity contribution in [1.82, 2.24) is 5.32 Å². The van der Waals surface area contributed by atoms with Crippen LogP contribution in [0.5, 0.6) is 11.5 Å². The Morgan fingerprint density at radius 2 is 1.61 bits per heavy atom. The minimum Gasteiger partial charge on any atom is -0.493 e. The first-order chi connectivity index (χ1) is 11.0. The summed E-state index contributed by atoms with van der Waals surface area (Å²) in [6.07, 6.45) is 0. The zero-order valence-corrected chi connectivity index (χ0v) is 14.9. The summed E-state index contributed by atoms with van der Waals surface area (Å²) in [6, 6.07) is 8.07. The third kappa shape index (κ3) is 2.91. The molecular formula is C17H16BrN3O2. The molecule has 0 aliphatic carbocycles. The van der Waals surface area contributed by atoms with E-state index in [9.17, 15) is 10.5 Å². The predicted octanol–water partition coefficient (Wildman–Crippen LogP) is 3.75. The highest BCUT2D eigenvalue weighted by molar-refractivity contribution is 9.10. The zero-order valence-electron chi connectivity index (χ0n) is 13.3. The number of rotatable bonds is 3. The molecule has 1 aliphatic rings. The number of nitrogens with one attached hydrogen (secondary N) is 1. The molecular weight excluding hydrogens is 358 g/mol. The SMILES string of the molecule is COc1cc(Br)cc(C2C(C#N)=C(C)NC(C)=C2C#N)c1OC. The van der Waals surface area contributed by atoms with Crippen LogP contribution >= 0.6 is 15.9 Å². The van der Waals surface area contributed by atoms with Crippen molar-refractivity contribution >= 4 is 15.9 Å². The normalized spacial score (nSPS) is 14.9. The number of nitrogens with zero attached hydrogens (tertiary/aromatic N) is 2. The van der Waals surface area contributed by atoms with Gasteiger partial charge in [-0.2, -0.15) is 10.5 Å². The summed E-state index contributed by atoms with van der Waals surface area (Å²) in [4.78, 5) is 0. The van der Waals surface area contributed by atoms with E-state index in [0.29, 0.717) is 28.2 Å². The fraction of sp³-hybridized carbons (Fsp3) is 0.294. The second-order valence-corrected chi connectivity index (χ2v) is 6.01. The van der Waals surface area contributed by atoms with Gasteiger partial charge in [0, 0.05) is 21.4 Å². The van der Waals surface area contributed by atoms with Gasteiger partial charge in [-0.3, -0.25) is 0 Å². The summed E-state index contributed by atoms with van der Waals surface area (Å²) in [7, 11) is 3.09. The summed E-state index contributed by atoms with van der Waals surface area (Å²) in [5, 5.41) is 22.3. The largest absolute Gasteiger partial charge is 0.493 e. The van der Waals surface area contributed by atoms with Crippen molar-refractivity contribution in [2.24, 2.45) is 0 Å². The van der Waals surface area contributed by atoms with Crippen molar-refractivity contribution in [3.05, 3.63) is 44.7 Å². The fourth-order valence-corrected chi connectivity index (χ4v) is 3.23. The Morgan fingerprint density at radius 3 is 2.04 bits per heavy atom. The molecule has 1 aromatic carbocycles. The maximum atomic E-state index is 9.59. The number of ether oxygens (including phenoxy) is 2. The third-order valence-electron chi connectivity index (χ3n) is 3.78. The lowest BCUT2D eigenvalue weighted by Gasteiger charge is -2.27. The summed E-state index contributed by atoms with van der Waals surface area (Å²) in [6.45, 7) is 3.65. The van der Waals surface area contributed by atoms with Crippen LogP contribution in [0.1, 0.15) is 25.3 Å². The van der Waals surface area contributed by atoms with Crippen molar-refractivity contribution in [1.29, 1.82) is 10.5 Å². The van der Waals surface area contributed by atoms with Crippen LogP contribution in [0.25, 0.3) is 0 Å². The monoisotopic (exact) mass is 373 g/mol. The summed E-state index contributed by atoms with van der Waals surface area (Å²) < 4.78 is 11.7. The molecule has 6 heteroatoms. The van der Waals surface area contributed by atoms with Crippen molar-refractivity contribution in [3.8, 4) is 23.6 Å². The van der Waals surface area contributed by atoms with Crippen molar-refractivity contribution in [2.75, 3.05) is 14.2 Å². The molecule has 0 aromatic heterocycles. The lowest BCUT2D eigenvalue weighted by atomic mass is 9.81. The highest BCUT2D eigenvalue weighted by Gasteiger charge is 2.32. The zero-order chi connectivity index (χ0) is 17.1.